The molecular weight excluding hydrogens is 243 g/mol. The number of imidazole rings is 1. The van der Waals surface area contributed by atoms with Gasteiger partial charge in [-0.1, -0.05) is 32.9 Å². The number of hydrogen-bond acceptors (Lipinski definition) is 2. The standard InChI is InChI=1S/C15H19FN2O/c1-10(19)18-9-13(17-14(18)15(2,3)4)11-6-5-7-12(16)8-11/h5-10,19H,1-4H3. The topological polar surface area (TPSA) is 38.0 Å². The first-order valence-corrected chi connectivity index (χ1v) is 6.32. The van der Waals surface area contributed by atoms with Crippen LogP contribution in [0, 0.1) is 5.82 Å². The molecule has 0 bridgehead atoms. The van der Waals surface area contributed by atoms with Crippen molar-refractivity contribution in [1.82, 2.24) is 9.55 Å². The van der Waals surface area contributed by atoms with Gasteiger partial charge in [0.2, 0.25) is 0 Å². The van der Waals surface area contributed by atoms with Crippen LogP contribution in [0.4, 0.5) is 4.39 Å². The lowest BCUT2D eigenvalue weighted by molar-refractivity contribution is 0.117. The molecule has 0 radical (unpaired) electrons. The Hall–Kier alpha value is -1.68. The summed E-state index contributed by atoms with van der Waals surface area (Å²) in [5.41, 5.74) is 1.19. The van der Waals surface area contributed by atoms with Crippen molar-refractivity contribution in [2.75, 3.05) is 0 Å². The maximum absolute atomic E-state index is 13.3. The van der Waals surface area contributed by atoms with Gasteiger partial charge in [0.15, 0.2) is 0 Å². The molecule has 0 aliphatic rings. The van der Waals surface area contributed by atoms with Gasteiger partial charge in [0.05, 0.1) is 5.69 Å². The van der Waals surface area contributed by atoms with E-state index in [0.717, 1.165) is 5.82 Å². The first kappa shape index (κ1) is 13.7. The van der Waals surface area contributed by atoms with E-state index in [1.54, 1.807) is 23.8 Å². The van der Waals surface area contributed by atoms with Crippen LogP contribution in [0.3, 0.4) is 0 Å². The van der Waals surface area contributed by atoms with Crippen LogP contribution in [0.5, 0.6) is 0 Å². The summed E-state index contributed by atoms with van der Waals surface area (Å²) in [5, 5.41) is 9.83. The maximum atomic E-state index is 13.3. The minimum absolute atomic E-state index is 0.192. The smallest absolute Gasteiger partial charge is 0.129 e. The fourth-order valence-electron chi connectivity index (χ4n) is 2.02. The lowest BCUT2D eigenvalue weighted by atomic mass is 9.95. The molecule has 0 spiro atoms. The zero-order valence-electron chi connectivity index (χ0n) is 11.7. The molecule has 102 valence electrons. The van der Waals surface area contributed by atoms with E-state index in [1.165, 1.54) is 12.1 Å². The minimum atomic E-state index is -0.663. The van der Waals surface area contributed by atoms with E-state index < -0.39 is 6.23 Å². The van der Waals surface area contributed by atoms with Crippen molar-refractivity contribution < 1.29 is 9.50 Å². The largest absolute Gasteiger partial charge is 0.374 e. The average Bonchev–Trinajstić information content (AvgIpc) is 2.73. The number of rotatable bonds is 2. The van der Waals surface area contributed by atoms with Crippen LogP contribution >= 0.6 is 0 Å². The Bertz CT molecular complexity index is 582. The molecule has 1 aromatic carbocycles. The lowest BCUT2D eigenvalue weighted by Gasteiger charge is -2.21. The molecule has 1 atom stereocenters. The normalized spacial score (nSPS) is 13.6. The Kier molecular flexibility index (Phi) is 3.45. The highest BCUT2D eigenvalue weighted by Crippen LogP contribution is 2.28. The fraction of sp³-hybridized carbons (Fsp3) is 0.400. The number of halogens is 1. The third kappa shape index (κ3) is 2.84. The van der Waals surface area contributed by atoms with Crippen molar-refractivity contribution in [1.29, 1.82) is 0 Å². The second kappa shape index (κ2) is 4.78. The lowest BCUT2D eigenvalue weighted by Crippen LogP contribution is -2.20. The Labute approximate surface area is 112 Å². The summed E-state index contributed by atoms with van der Waals surface area (Å²) in [5.74, 6) is 0.489. The summed E-state index contributed by atoms with van der Waals surface area (Å²) in [4.78, 5) is 4.55. The van der Waals surface area contributed by atoms with E-state index >= 15 is 0 Å². The zero-order chi connectivity index (χ0) is 14.2. The SMILES string of the molecule is CC(O)n1cc(-c2cccc(F)c2)nc1C(C)(C)C. The second-order valence-corrected chi connectivity index (χ2v) is 5.75. The molecule has 0 amide bonds. The van der Waals surface area contributed by atoms with Gasteiger partial charge in [-0.2, -0.15) is 0 Å². The summed E-state index contributed by atoms with van der Waals surface area (Å²) in [6, 6.07) is 6.31. The Morgan fingerprint density at radius 3 is 2.47 bits per heavy atom. The fourth-order valence-corrected chi connectivity index (χ4v) is 2.02. The molecule has 0 aliphatic carbocycles. The number of benzene rings is 1. The Morgan fingerprint density at radius 2 is 2.00 bits per heavy atom. The highest BCUT2D eigenvalue weighted by atomic mass is 19.1. The van der Waals surface area contributed by atoms with Gasteiger partial charge < -0.3 is 9.67 Å². The van der Waals surface area contributed by atoms with Crippen molar-refractivity contribution in [3.63, 3.8) is 0 Å². The monoisotopic (exact) mass is 262 g/mol. The van der Waals surface area contributed by atoms with E-state index in [-0.39, 0.29) is 11.2 Å². The van der Waals surface area contributed by atoms with Gasteiger partial charge in [0, 0.05) is 17.2 Å². The average molecular weight is 262 g/mol. The summed E-state index contributed by atoms with van der Waals surface area (Å²) in [6.07, 6.45) is 1.10. The number of aliphatic hydroxyl groups is 1. The molecule has 1 heterocycles. The molecule has 0 saturated heterocycles. The van der Waals surface area contributed by atoms with Crippen molar-refractivity contribution in [3.05, 3.63) is 42.1 Å². The van der Waals surface area contributed by atoms with Gasteiger partial charge in [0.25, 0.3) is 0 Å². The van der Waals surface area contributed by atoms with Crippen LogP contribution in [-0.4, -0.2) is 14.7 Å². The number of aromatic nitrogens is 2. The molecule has 0 saturated carbocycles. The molecule has 1 N–H and O–H groups in total. The van der Waals surface area contributed by atoms with Crippen LogP contribution < -0.4 is 0 Å². The van der Waals surface area contributed by atoms with Crippen LogP contribution in [0.2, 0.25) is 0 Å². The first-order chi connectivity index (χ1) is 8.79. The molecular formula is C15H19FN2O. The van der Waals surface area contributed by atoms with E-state index in [1.807, 2.05) is 26.8 Å². The minimum Gasteiger partial charge on any atom is -0.374 e. The van der Waals surface area contributed by atoms with Gasteiger partial charge in [0.1, 0.15) is 17.9 Å². The summed E-state index contributed by atoms with van der Waals surface area (Å²) in [6.45, 7) is 7.78. The molecule has 1 aromatic heterocycles. The van der Waals surface area contributed by atoms with Gasteiger partial charge in [-0.05, 0) is 19.1 Å². The predicted molar refractivity (Wildman–Crippen MR) is 73.3 cm³/mol. The van der Waals surface area contributed by atoms with Gasteiger partial charge in [-0.25, -0.2) is 9.37 Å². The van der Waals surface area contributed by atoms with E-state index in [9.17, 15) is 9.50 Å². The first-order valence-electron chi connectivity index (χ1n) is 6.32. The second-order valence-electron chi connectivity index (χ2n) is 5.75. The van der Waals surface area contributed by atoms with E-state index in [2.05, 4.69) is 4.98 Å². The van der Waals surface area contributed by atoms with Gasteiger partial charge in [-0.15, -0.1) is 0 Å². The number of aliphatic hydroxyl groups excluding tert-OH is 1. The predicted octanol–water partition coefficient (Wildman–Crippen LogP) is 3.50. The van der Waals surface area contributed by atoms with Crippen LogP contribution in [0.15, 0.2) is 30.5 Å². The van der Waals surface area contributed by atoms with Crippen molar-refractivity contribution in [3.8, 4) is 11.3 Å². The van der Waals surface area contributed by atoms with Crippen molar-refractivity contribution in [2.24, 2.45) is 0 Å². The van der Waals surface area contributed by atoms with Crippen molar-refractivity contribution in [2.45, 2.75) is 39.3 Å². The van der Waals surface area contributed by atoms with E-state index in [0.29, 0.717) is 11.3 Å². The molecule has 4 heteroatoms. The third-order valence-corrected chi connectivity index (χ3v) is 2.93. The molecule has 2 rings (SSSR count). The highest BCUT2D eigenvalue weighted by Gasteiger charge is 2.23. The van der Waals surface area contributed by atoms with Crippen LogP contribution in [-0.2, 0) is 5.41 Å². The van der Waals surface area contributed by atoms with Crippen LogP contribution in [0.1, 0.15) is 39.7 Å². The van der Waals surface area contributed by atoms with Crippen molar-refractivity contribution >= 4 is 0 Å². The number of nitrogens with zero attached hydrogens (tertiary/aromatic N) is 2. The third-order valence-electron chi connectivity index (χ3n) is 2.93. The maximum Gasteiger partial charge on any atom is 0.129 e. The zero-order valence-corrected chi connectivity index (χ0v) is 11.7. The molecule has 0 fully saturated rings. The highest BCUT2D eigenvalue weighted by molar-refractivity contribution is 5.58. The summed E-state index contributed by atoms with van der Waals surface area (Å²) in [7, 11) is 0. The molecule has 0 aliphatic heterocycles. The summed E-state index contributed by atoms with van der Waals surface area (Å²) >= 11 is 0. The molecule has 1 unspecified atom stereocenters. The van der Waals surface area contributed by atoms with Gasteiger partial charge >= 0.3 is 0 Å². The summed E-state index contributed by atoms with van der Waals surface area (Å²) < 4.78 is 15.0. The molecule has 3 nitrogen and oxygen atoms in total. The van der Waals surface area contributed by atoms with Gasteiger partial charge in [-0.3, -0.25) is 0 Å². The quantitative estimate of drug-likeness (QED) is 0.899. The Morgan fingerprint density at radius 1 is 1.32 bits per heavy atom. The van der Waals surface area contributed by atoms with E-state index in [4.69, 9.17) is 0 Å². The molecule has 2 aromatic rings. The number of hydrogen-bond donors (Lipinski definition) is 1. The molecule has 19 heavy (non-hydrogen) atoms. The Balaban J connectivity index is 2.55. The van der Waals surface area contributed by atoms with Crippen LogP contribution in [0.25, 0.3) is 11.3 Å².